The Morgan fingerprint density at radius 3 is 2.73 bits per heavy atom. The quantitative estimate of drug-likeness (QED) is 0.494. The van der Waals surface area contributed by atoms with Gasteiger partial charge in [0, 0.05) is 13.1 Å². The van der Waals surface area contributed by atoms with Crippen molar-refractivity contribution in [2.45, 2.75) is 13.8 Å². The van der Waals surface area contributed by atoms with Crippen LogP contribution in [0.1, 0.15) is 13.8 Å². The van der Waals surface area contributed by atoms with Crippen LogP contribution in [0, 0.1) is 10.1 Å². The number of anilines is 3. The maximum atomic E-state index is 11.7. The summed E-state index contributed by atoms with van der Waals surface area (Å²) in [7, 11) is 1.60. The molecule has 0 bridgehead atoms. The Hall–Kier alpha value is -3.01. The van der Waals surface area contributed by atoms with E-state index in [0.29, 0.717) is 24.0 Å². The van der Waals surface area contributed by atoms with Crippen molar-refractivity contribution in [3.8, 4) is 5.75 Å². The van der Waals surface area contributed by atoms with Gasteiger partial charge < -0.3 is 15.0 Å². The molecule has 0 saturated carbocycles. The summed E-state index contributed by atoms with van der Waals surface area (Å²) in [6.07, 6.45) is 1.32. The van der Waals surface area contributed by atoms with Crippen LogP contribution in [0.5, 0.6) is 5.75 Å². The lowest BCUT2D eigenvalue weighted by molar-refractivity contribution is -0.383. The molecule has 2 heterocycles. The zero-order chi connectivity index (χ0) is 18.7. The third kappa shape index (κ3) is 3.36. The third-order valence-corrected chi connectivity index (χ3v) is 4.80. The smallest absolute Gasteiger partial charge is 0.353 e. The summed E-state index contributed by atoms with van der Waals surface area (Å²) in [5.41, 5.74) is 0.618. The van der Waals surface area contributed by atoms with Gasteiger partial charge in [0.1, 0.15) is 12.1 Å². The number of nitrogens with zero attached hydrogens (tertiary/aromatic N) is 5. The number of methoxy groups -OCH3 is 1. The van der Waals surface area contributed by atoms with Crippen molar-refractivity contribution in [3.05, 3.63) is 34.6 Å². The van der Waals surface area contributed by atoms with E-state index in [1.807, 2.05) is 36.9 Å². The first kappa shape index (κ1) is 17.8. The molecule has 0 aliphatic carbocycles. The summed E-state index contributed by atoms with van der Waals surface area (Å²) in [4.78, 5) is 25.6. The highest BCUT2D eigenvalue weighted by atomic mass is 32.1. The Labute approximate surface area is 153 Å². The second kappa shape index (κ2) is 7.48. The van der Waals surface area contributed by atoms with Crippen molar-refractivity contribution in [3.63, 3.8) is 0 Å². The molecule has 136 valence electrons. The normalized spacial score (nSPS) is 10.7. The number of aromatic nitrogens is 3. The van der Waals surface area contributed by atoms with Crippen LogP contribution in [0.4, 0.5) is 22.5 Å². The van der Waals surface area contributed by atoms with Gasteiger partial charge in [0.25, 0.3) is 0 Å². The van der Waals surface area contributed by atoms with E-state index < -0.39 is 4.92 Å². The average molecular weight is 374 g/mol. The van der Waals surface area contributed by atoms with Crippen LogP contribution in [-0.2, 0) is 0 Å². The van der Waals surface area contributed by atoms with Gasteiger partial charge in [-0.05, 0) is 32.0 Å². The van der Waals surface area contributed by atoms with Crippen LogP contribution in [0.25, 0.3) is 10.2 Å². The fourth-order valence-corrected chi connectivity index (χ4v) is 3.46. The second-order valence-electron chi connectivity index (χ2n) is 5.30. The number of ether oxygens (including phenoxy) is 1. The first-order chi connectivity index (χ1) is 12.6. The Bertz CT molecular complexity index is 941. The molecule has 0 amide bonds. The van der Waals surface area contributed by atoms with Gasteiger partial charge in [0.15, 0.2) is 5.13 Å². The molecule has 0 spiro atoms. The van der Waals surface area contributed by atoms with E-state index in [0.717, 1.165) is 16.0 Å². The van der Waals surface area contributed by atoms with Gasteiger partial charge in [-0.15, -0.1) is 0 Å². The number of nitro groups is 1. The summed E-state index contributed by atoms with van der Waals surface area (Å²) in [6.45, 7) is 5.05. The molecule has 9 nitrogen and oxygen atoms in total. The van der Waals surface area contributed by atoms with Crippen LogP contribution in [-0.4, -0.2) is 40.1 Å². The minimum Gasteiger partial charge on any atom is -0.497 e. The topological polar surface area (TPSA) is 106 Å². The predicted molar refractivity (Wildman–Crippen MR) is 102 cm³/mol. The van der Waals surface area contributed by atoms with Crippen molar-refractivity contribution in [1.82, 2.24) is 15.0 Å². The van der Waals surface area contributed by atoms with Gasteiger partial charge in [0.05, 0.1) is 22.2 Å². The Morgan fingerprint density at radius 1 is 1.31 bits per heavy atom. The van der Waals surface area contributed by atoms with Gasteiger partial charge in [-0.2, -0.15) is 0 Å². The number of benzene rings is 1. The molecule has 0 aliphatic heterocycles. The molecular formula is C16H18N6O3S. The molecule has 1 aromatic carbocycles. The third-order valence-electron chi connectivity index (χ3n) is 3.87. The monoisotopic (exact) mass is 374 g/mol. The van der Waals surface area contributed by atoms with E-state index >= 15 is 0 Å². The van der Waals surface area contributed by atoms with Gasteiger partial charge in [-0.25, -0.2) is 15.0 Å². The first-order valence-electron chi connectivity index (χ1n) is 8.03. The van der Waals surface area contributed by atoms with Gasteiger partial charge in [-0.3, -0.25) is 10.1 Å². The average Bonchev–Trinajstić information content (AvgIpc) is 3.03. The number of rotatable bonds is 7. The molecule has 26 heavy (non-hydrogen) atoms. The van der Waals surface area contributed by atoms with E-state index in [2.05, 4.69) is 20.3 Å². The largest absolute Gasteiger partial charge is 0.497 e. The fraction of sp³-hybridized carbons (Fsp3) is 0.312. The van der Waals surface area contributed by atoms with Crippen molar-refractivity contribution in [1.29, 1.82) is 0 Å². The molecule has 0 aliphatic rings. The van der Waals surface area contributed by atoms with Crippen LogP contribution in [0.2, 0.25) is 0 Å². The number of nitrogens with one attached hydrogen (secondary N) is 1. The molecular weight excluding hydrogens is 356 g/mol. The van der Waals surface area contributed by atoms with E-state index in [1.165, 1.54) is 17.7 Å². The molecule has 3 aromatic rings. The SMILES string of the molecule is CCN(CC)c1ncnc(Nc2nc3ccc(OC)cc3s2)c1[N+](=O)[O-]. The highest BCUT2D eigenvalue weighted by molar-refractivity contribution is 7.22. The summed E-state index contributed by atoms with van der Waals surface area (Å²) in [5, 5.41) is 15.1. The Balaban J connectivity index is 2.01. The van der Waals surface area contributed by atoms with Crippen LogP contribution in [0.3, 0.4) is 0 Å². The van der Waals surface area contributed by atoms with Crippen molar-refractivity contribution < 1.29 is 9.66 Å². The highest BCUT2D eigenvalue weighted by Crippen LogP contribution is 2.36. The summed E-state index contributed by atoms with van der Waals surface area (Å²) < 4.78 is 6.12. The van der Waals surface area contributed by atoms with E-state index in [1.54, 1.807) is 7.11 Å². The molecule has 3 rings (SSSR count). The van der Waals surface area contributed by atoms with E-state index in [-0.39, 0.29) is 11.5 Å². The van der Waals surface area contributed by atoms with Gasteiger partial charge in [-0.1, -0.05) is 11.3 Å². The number of fused-ring (bicyclic) bond motifs is 1. The molecule has 0 unspecified atom stereocenters. The lowest BCUT2D eigenvalue weighted by Crippen LogP contribution is -2.24. The predicted octanol–water partition coefficient (Wildman–Crippen LogP) is 3.59. The maximum absolute atomic E-state index is 11.7. The first-order valence-corrected chi connectivity index (χ1v) is 8.85. The fourth-order valence-electron chi connectivity index (χ4n) is 2.57. The lowest BCUT2D eigenvalue weighted by Gasteiger charge is -2.19. The van der Waals surface area contributed by atoms with E-state index in [4.69, 9.17) is 4.74 Å². The molecule has 0 atom stereocenters. The molecule has 1 N–H and O–H groups in total. The molecule has 0 radical (unpaired) electrons. The van der Waals surface area contributed by atoms with Crippen LogP contribution >= 0.6 is 11.3 Å². The standard InChI is InChI=1S/C16H18N6O3S/c1-4-21(5-2)15-13(22(23)24)14(17-9-18-15)20-16-19-11-7-6-10(25-3)8-12(11)26-16/h6-9H,4-5H2,1-3H3,(H,17,18,19,20). The molecule has 10 heteroatoms. The summed E-state index contributed by atoms with van der Waals surface area (Å²) in [6, 6.07) is 5.52. The van der Waals surface area contributed by atoms with Gasteiger partial charge >= 0.3 is 5.69 Å². The number of thiazole rings is 1. The Morgan fingerprint density at radius 2 is 2.08 bits per heavy atom. The summed E-state index contributed by atoms with van der Waals surface area (Å²) in [5.74, 6) is 1.14. The zero-order valence-corrected chi connectivity index (χ0v) is 15.4. The lowest BCUT2D eigenvalue weighted by atomic mass is 10.3. The summed E-state index contributed by atoms with van der Waals surface area (Å²) >= 11 is 1.37. The van der Waals surface area contributed by atoms with Crippen molar-refractivity contribution in [2.24, 2.45) is 0 Å². The zero-order valence-electron chi connectivity index (χ0n) is 14.6. The van der Waals surface area contributed by atoms with E-state index in [9.17, 15) is 10.1 Å². The number of hydrogen-bond donors (Lipinski definition) is 1. The van der Waals surface area contributed by atoms with Crippen LogP contribution < -0.4 is 15.0 Å². The second-order valence-corrected chi connectivity index (χ2v) is 6.33. The minimum absolute atomic E-state index is 0.123. The van der Waals surface area contributed by atoms with Crippen molar-refractivity contribution >= 4 is 44.0 Å². The molecule has 0 fully saturated rings. The van der Waals surface area contributed by atoms with Crippen molar-refractivity contribution in [2.75, 3.05) is 30.4 Å². The van der Waals surface area contributed by atoms with Gasteiger partial charge in [0.2, 0.25) is 11.6 Å². The molecule has 0 saturated heterocycles. The molecule has 2 aromatic heterocycles. The maximum Gasteiger partial charge on any atom is 0.353 e. The minimum atomic E-state index is -0.466. The Kier molecular flexibility index (Phi) is 5.12. The highest BCUT2D eigenvalue weighted by Gasteiger charge is 2.26. The van der Waals surface area contributed by atoms with Crippen LogP contribution in [0.15, 0.2) is 24.5 Å². The number of hydrogen-bond acceptors (Lipinski definition) is 9.